The largest absolute Gasteiger partial charge is 0.328 e. The fourth-order valence-corrected chi connectivity index (χ4v) is 3.58. The summed E-state index contributed by atoms with van der Waals surface area (Å²) in [6.45, 7) is 7.77. The molecule has 0 saturated carbocycles. The molecule has 0 radical (unpaired) electrons. The maximum atomic E-state index is 12.3. The van der Waals surface area contributed by atoms with E-state index in [1.54, 1.807) is 10.8 Å². The lowest BCUT2D eigenvalue weighted by Gasteiger charge is -2.16. The average molecular weight is 327 g/mol. The van der Waals surface area contributed by atoms with Gasteiger partial charge in [-0.05, 0) is 20.3 Å². The van der Waals surface area contributed by atoms with E-state index in [0.717, 1.165) is 32.6 Å². The Morgan fingerprint density at radius 1 is 1.38 bits per heavy atom. The zero-order valence-corrected chi connectivity index (χ0v) is 13.9. The van der Waals surface area contributed by atoms with Crippen molar-refractivity contribution in [3.05, 3.63) is 40.5 Å². The number of nitrogens with one attached hydrogen (secondary N) is 1. The highest BCUT2D eigenvalue weighted by molar-refractivity contribution is 5.69. The number of H-pyrrole nitrogens is 1. The molecule has 126 valence electrons. The predicted octanol–water partition coefficient (Wildman–Crippen LogP) is 1.09. The molecule has 3 aromatic heterocycles. The molecule has 1 fully saturated rings. The average Bonchev–Trinajstić information content (AvgIpc) is 3.25. The summed E-state index contributed by atoms with van der Waals surface area (Å²) in [5.41, 5.74) is 3.76. The van der Waals surface area contributed by atoms with Crippen molar-refractivity contribution in [2.24, 2.45) is 0 Å². The zero-order chi connectivity index (χ0) is 16.7. The van der Waals surface area contributed by atoms with Crippen LogP contribution in [0.15, 0.2) is 23.5 Å². The molecule has 1 aliphatic heterocycles. The number of aromatic amines is 1. The molecule has 4 heterocycles. The van der Waals surface area contributed by atoms with Gasteiger partial charge in [0.15, 0.2) is 5.65 Å². The van der Waals surface area contributed by atoms with Crippen molar-refractivity contribution in [1.82, 2.24) is 34.2 Å². The lowest BCUT2D eigenvalue weighted by atomic mass is 10.2. The molecular formula is C16H21N7O. The fraction of sp³-hybridized carbons (Fsp3) is 0.500. The summed E-state index contributed by atoms with van der Waals surface area (Å²) < 4.78 is 3.79. The Hall–Kier alpha value is -2.48. The molecule has 24 heavy (non-hydrogen) atoms. The van der Waals surface area contributed by atoms with Crippen LogP contribution in [0.2, 0.25) is 0 Å². The molecule has 1 saturated heterocycles. The van der Waals surface area contributed by atoms with E-state index >= 15 is 0 Å². The van der Waals surface area contributed by atoms with E-state index in [2.05, 4.69) is 38.8 Å². The van der Waals surface area contributed by atoms with Gasteiger partial charge in [-0.1, -0.05) is 0 Å². The molecular weight excluding hydrogens is 306 g/mol. The zero-order valence-electron chi connectivity index (χ0n) is 13.9. The van der Waals surface area contributed by atoms with Crippen molar-refractivity contribution in [1.29, 1.82) is 0 Å². The highest BCUT2D eigenvalue weighted by Crippen LogP contribution is 2.24. The van der Waals surface area contributed by atoms with Gasteiger partial charge in [-0.15, -0.1) is 0 Å². The quantitative estimate of drug-likeness (QED) is 0.775. The highest BCUT2D eigenvalue weighted by atomic mass is 16.1. The third kappa shape index (κ3) is 2.43. The number of hydrogen-bond acceptors (Lipinski definition) is 5. The number of aryl methyl sites for hydroxylation is 1. The number of nitrogens with zero attached hydrogens (tertiary/aromatic N) is 6. The molecule has 8 heteroatoms. The van der Waals surface area contributed by atoms with Crippen LogP contribution in [-0.2, 0) is 13.1 Å². The first kappa shape index (κ1) is 15.1. The monoisotopic (exact) mass is 327 g/mol. The maximum Gasteiger partial charge on any atom is 0.328 e. The Morgan fingerprint density at radius 2 is 2.25 bits per heavy atom. The van der Waals surface area contributed by atoms with Gasteiger partial charge in [0.25, 0.3) is 0 Å². The van der Waals surface area contributed by atoms with E-state index in [0.29, 0.717) is 11.2 Å². The van der Waals surface area contributed by atoms with Gasteiger partial charge >= 0.3 is 5.69 Å². The van der Waals surface area contributed by atoms with Gasteiger partial charge in [-0.2, -0.15) is 5.10 Å². The lowest BCUT2D eigenvalue weighted by molar-refractivity contribution is 0.315. The minimum absolute atomic E-state index is 0.104. The standard InChI is InChI=1S/C16H21N7O/c1-3-22-11(2)12(6-19-22)8-21-5-4-13(9-21)23-15-14(20-16(23)24)7-17-10-18-15/h6-7,10,13H,3-5,8-9H2,1-2H3,(H,20,24). The number of hydrogen-bond donors (Lipinski definition) is 1. The third-order valence-corrected chi connectivity index (χ3v) is 4.89. The molecule has 1 aliphatic rings. The van der Waals surface area contributed by atoms with Crippen LogP contribution >= 0.6 is 0 Å². The van der Waals surface area contributed by atoms with Crippen LogP contribution in [0.5, 0.6) is 0 Å². The first-order valence-electron chi connectivity index (χ1n) is 8.31. The molecule has 1 N–H and O–H groups in total. The van der Waals surface area contributed by atoms with Crippen molar-refractivity contribution in [2.45, 2.75) is 39.4 Å². The summed E-state index contributed by atoms with van der Waals surface area (Å²) in [6.07, 6.45) is 6.03. The van der Waals surface area contributed by atoms with Gasteiger partial charge in [0.1, 0.15) is 11.8 Å². The van der Waals surface area contributed by atoms with Crippen LogP contribution in [0.3, 0.4) is 0 Å². The van der Waals surface area contributed by atoms with Crippen LogP contribution < -0.4 is 5.69 Å². The summed E-state index contributed by atoms with van der Waals surface area (Å²) in [5.74, 6) is 0. The molecule has 1 atom stereocenters. The Labute approximate surface area is 139 Å². The van der Waals surface area contributed by atoms with Crippen LogP contribution in [0.25, 0.3) is 11.2 Å². The van der Waals surface area contributed by atoms with E-state index in [4.69, 9.17) is 0 Å². The van der Waals surface area contributed by atoms with Gasteiger partial charge in [0.2, 0.25) is 0 Å². The molecule has 0 aliphatic carbocycles. The Morgan fingerprint density at radius 3 is 3.04 bits per heavy atom. The van der Waals surface area contributed by atoms with Crippen LogP contribution in [-0.4, -0.2) is 47.3 Å². The molecule has 0 bridgehead atoms. The van der Waals surface area contributed by atoms with Crippen LogP contribution in [0.4, 0.5) is 0 Å². The van der Waals surface area contributed by atoms with Gasteiger partial charge in [-0.3, -0.25) is 14.1 Å². The Kier molecular flexibility index (Phi) is 3.68. The fourth-order valence-electron chi connectivity index (χ4n) is 3.58. The number of aromatic nitrogens is 6. The van der Waals surface area contributed by atoms with E-state index in [1.165, 1.54) is 17.6 Å². The SMILES string of the molecule is CCn1ncc(CN2CCC(n3c(=O)[nH]c4cncnc43)C2)c1C. The Balaban J connectivity index is 1.55. The maximum absolute atomic E-state index is 12.3. The number of fused-ring (bicyclic) bond motifs is 1. The minimum Gasteiger partial charge on any atom is -0.303 e. The summed E-state index contributed by atoms with van der Waals surface area (Å²) in [5, 5.41) is 4.41. The first-order chi connectivity index (χ1) is 11.7. The molecule has 0 spiro atoms. The molecule has 0 amide bonds. The predicted molar refractivity (Wildman–Crippen MR) is 89.7 cm³/mol. The minimum atomic E-state index is -0.104. The van der Waals surface area contributed by atoms with Crippen LogP contribution in [0, 0.1) is 6.92 Å². The van der Waals surface area contributed by atoms with Gasteiger partial charge in [0, 0.05) is 37.4 Å². The van der Waals surface area contributed by atoms with Crippen molar-refractivity contribution in [2.75, 3.05) is 13.1 Å². The van der Waals surface area contributed by atoms with E-state index < -0.39 is 0 Å². The summed E-state index contributed by atoms with van der Waals surface area (Å²) in [7, 11) is 0. The summed E-state index contributed by atoms with van der Waals surface area (Å²) in [6, 6.07) is 0.141. The normalized spacial score (nSPS) is 18.7. The Bertz CT molecular complexity index is 922. The van der Waals surface area contributed by atoms with E-state index in [1.807, 2.05) is 10.9 Å². The lowest BCUT2D eigenvalue weighted by Crippen LogP contribution is -2.26. The molecule has 3 aromatic rings. The summed E-state index contributed by atoms with van der Waals surface area (Å²) in [4.78, 5) is 25.8. The number of rotatable bonds is 4. The summed E-state index contributed by atoms with van der Waals surface area (Å²) >= 11 is 0. The number of imidazole rings is 1. The second-order valence-electron chi connectivity index (χ2n) is 6.31. The topological polar surface area (TPSA) is 84.6 Å². The van der Waals surface area contributed by atoms with Crippen molar-refractivity contribution >= 4 is 11.2 Å². The molecule has 8 nitrogen and oxygen atoms in total. The first-order valence-corrected chi connectivity index (χ1v) is 8.31. The molecule has 1 unspecified atom stereocenters. The second-order valence-corrected chi connectivity index (χ2v) is 6.31. The van der Waals surface area contributed by atoms with Gasteiger partial charge in [-0.25, -0.2) is 14.8 Å². The van der Waals surface area contributed by atoms with Crippen molar-refractivity contribution in [3.8, 4) is 0 Å². The van der Waals surface area contributed by atoms with Crippen molar-refractivity contribution in [3.63, 3.8) is 0 Å². The van der Waals surface area contributed by atoms with Gasteiger partial charge < -0.3 is 4.98 Å². The molecule has 4 rings (SSSR count). The molecule has 0 aromatic carbocycles. The second kappa shape index (κ2) is 5.86. The van der Waals surface area contributed by atoms with E-state index in [-0.39, 0.29) is 11.7 Å². The van der Waals surface area contributed by atoms with Crippen molar-refractivity contribution < 1.29 is 0 Å². The number of likely N-dealkylation sites (tertiary alicyclic amines) is 1. The smallest absolute Gasteiger partial charge is 0.303 e. The van der Waals surface area contributed by atoms with E-state index in [9.17, 15) is 4.79 Å². The highest BCUT2D eigenvalue weighted by Gasteiger charge is 2.27. The van der Waals surface area contributed by atoms with Gasteiger partial charge in [0.05, 0.1) is 18.4 Å². The third-order valence-electron chi connectivity index (χ3n) is 4.89. The van der Waals surface area contributed by atoms with Crippen LogP contribution in [0.1, 0.15) is 30.6 Å².